The molecule has 0 amide bonds. The first-order valence-electron chi connectivity index (χ1n) is 10.3. The highest BCUT2D eigenvalue weighted by molar-refractivity contribution is 7.14. The lowest BCUT2D eigenvalue weighted by molar-refractivity contribution is 0.470. The van der Waals surface area contributed by atoms with Crippen molar-refractivity contribution in [3.05, 3.63) is 95.7 Å². The van der Waals surface area contributed by atoms with Crippen LogP contribution in [-0.4, -0.2) is 10.2 Å². The highest BCUT2D eigenvalue weighted by Gasteiger charge is 2.21. The van der Waals surface area contributed by atoms with Crippen LogP contribution in [-0.2, 0) is 0 Å². The molecule has 154 valence electrons. The van der Waals surface area contributed by atoms with Crippen molar-refractivity contribution in [2.24, 2.45) is 0 Å². The van der Waals surface area contributed by atoms with E-state index in [9.17, 15) is 10.2 Å². The maximum absolute atomic E-state index is 11.3. The quantitative estimate of drug-likeness (QED) is 0.284. The molecule has 32 heavy (non-hydrogen) atoms. The Labute approximate surface area is 193 Å². The van der Waals surface area contributed by atoms with Gasteiger partial charge in [-0.3, -0.25) is 0 Å². The van der Waals surface area contributed by atoms with E-state index in [1.807, 2.05) is 71.4 Å². The summed E-state index contributed by atoms with van der Waals surface area (Å²) in [6, 6.07) is 28.0. The number of thiophene rings is 2. The summed E-state index contributed by atoms with van der Waals surface area (Å²) in [6.07, 6.45) is 0. The van der Waals surface area contributed by atoms with E-state index in [2.05, 4.69) is 24.3 Å². The Morgan fingerprint density at radius 1 is 0.469 bits per heavy atom. The fourth-order valence-electron chi connectivity index (χ4n) is 4.52. The summed E-state index contributed by atoms with van der Waals surface area (Å²) < 4.78 is 0. The van der Waals surface area contributed by atoms with Crippen molar-refractivity contribution in [1.82, 2.24) is 0 Å². The molecule has 0 aliphatic carbocycles. The molecule has 0 atom stereocenters. The van der Waals surface area contributed by atoms with E-state index in [0.29, 0.717) is 11.1 Å². The van der Waals surface area contributed by atoms with Crippen molar-refractivity contribution in [3.8, 4) is 43.5 Å². The van der Waals surface area contributed by atoms with Gasteiger partial charge in [0, 0.05) is 32.0 Å². The second kappa shape index (κ2) is 7.52. The number of hydrogen-bond acceptors (Lipinski definition) is 4. The number of aromatic hydroxyl groups is 2. The standard InChI is InChI=1S/C28H18O2S2/c29-23-15-21(25-11-5-13-31-25)17-7-1-3-9-19(17)27(23)28-20-10-4-2-8-18(20)22(16-24(28)30)26-12-6-14-32-26/h1-16,29-30H. The first-order valence-corrected chi connectivity index (χ1v) is 12.1. The third-order valence-electron chi connectivity index (χ3n) is 5.87. The van der Waals surface area contributed by atoms with Gasteiger partial charge in [-0.25, -0.2) is 0 Å². The minimum atomic E-state index is 0.163. The Bertz CT molecular complexity index is 1460. The van der Waals surface area contributed by atoms with Crippen LogP contribution in [0, 0.1) is 0 Å². The Hall–Kier alpha value is -3.60. The molecular formula is C28H18O2S2. The molecule has 0 radical (unpaired) electrons. The molecule has 2 aromatic heterocycles. The lowest BCUT2D eigenvalue weighted by Gasteiger charge is -2.18. The zero-order valence-electron chi connectivity index (χ0n) is 16.9. The highest BCUT2D eigenvalue weighted by Crippen LogP contribution is 2.49. The largest absolute Gasteiger partial charge is 0.507 e. The first kappa shape index (κ1) is 19.1. The molecule has 0 saturated heterocycles. The molecule has 2 heterocycles. The Balaban J connectivity index is 1.72. The zero-order valence-corrected chi connectivity index (χ0v) is 18.6. The van der Waals surface area contributed by atoms with Crippen LogP contribution in [0.15, 0.2) is 95.7 Å². The van der Waals surface area contributed by atoms with Crippen LogP contribution >= 0.6 is 22.7 Å². The number of phenolic OH excluding ortho intramolecular Hbond substituents is 2. The summed E-state index contributed by atoms with van der Waals surface area (Å²) in [6.45, 7) is 0. The van der Waals surface area contributed by atoms with Crippen LogP contribution < -0.4 is 0 Å². The van der Waals surface area contributed by atoms with E-state index in [0.717, 1.165) is 42.4 Å². The molecule has 0 saturated carbocycles. The maximum atomic E-state index is 11.3. The molecule has 0 unspecified atom stereocenters. The molecule has 6 aromatic rings. The van der Waals surface area contributed by atoms with Gasteiger partial charge in [0.2, 0.25) is 0 Å². The number of rotatable bonds is 3. The smallest absolute Gasteiger partial charge is 0.124 e. The molecule has 6 rings (SSSR count). The maximum Gasteiger partial charge on any atom is 0.124 e. The number of phenols is 2. The van der Waals surface area contributed by atoms with Gasteiger partial charge in [0.25, 0.3) is 0 Å². The zero-order chi connectivity index (χ0) is 21.7. The first-order chi connectivity index (χ1) is 15.7. The van der Waals surface area contributed by atoms with Gasteiger partial charge in [-0.1, -0.05) is 60.7 Å². The van der Waals surface area contributed by atoms with Crippen molar-refractivity contribution >= 4 is 44.2 Å². The van der Waals surface area contributed by atoms with Gasteiger partial charge in [-0.15, -0.1) is 22.7 Å². The third-order valence-corrected chi connectivity index (χ3v) is 7.68. The van der Waals surface area contributed by atoms with Gasteiger partial charge in [0.05, 0.1) is 0 Å². The van der Waals surface area contributed by atoms with Crippen molar-refractivity contribution in [1.29, 1.82) is 0 Å². The normalized spacial score (nSPS) is 11.4. The van der Waals surface area contributed by atoms with Gasteiger partial charge >= 0.3 is 0 Å². The summed E-state index contributed by atoms with van der Waals surface area (Å²) in [5, 5.41) is 30.6. The monoisotopic (exact) mass is 450 g/mol. The van der Waals surface area contributed by atoms with E-state index < -0.39 is 0 Å². The van der Waals surface area contributed by atoms with E-state index in [1.54, 1.807) is 22.7 Å². The van der Waals surface area contributed by atoms with Crippen molar-refractivity contribution in [3.63, 3.8) is 0 Å². The van der Waals surface area contributed by atoms with Crippen molar-refractivity contribution < 1.29 is 10.2 Å². The molecule has 0 fully saturated rings. The molecule has 0 aliphatic rings. The summed E-state index contributed by atoms with van der Waals surface area (Å²) in [5.74, 6) is 0.327. The lowest BCUT2D eigenvalue weighted by atomic mass is 9.88. The average molecular weight is 451 g/mol. The summed E-state index contributed by atoms with van der Waals surface area (Å²) >= 11 is 3.30. The molecule has 4 heteroatoms. The van der Waals surface area contributed by atoms with Gasteiger partial charge in [-0.05, 0) is 56.6 Å². The van der Waals surface area contributed by atoms with Gasteiger partial charge < -0.3 is 10.2 Å². The predicted octanol–water partition coefficient (Wildman–Crippen LogP) is 8.53. The Kier molecular flexibility index (Phi) is 4.49. The molecular weight excluding hydrogens is 432 g/mol. The molecule has 0 aliphatic heterocycles. The van der Waals surface area contributed by atoms with Gasteiger partial charge in [0.15, 0.2) is 0 Å². The fraction of sp³-hybridized carbons (Fsp3) is 0. The molecule has 0 spiro atoms. The van der Waals surface area contributed by atoms with Crippen LogP contribution in [0.25, 0.3) is 53.6 Å². The molecule has 2 nitrogen and oxygen atoms in total. The predicted molar refractivity (Wildman–Crippen MR) is 137 cm³/mol. The minimum Gasteiger partial charge on any atom is -0.507 e. The van der Waals surface area contributed by atoms with Crippen molar-refractivity contribution in [2.45, 2.75) is 0 Å². The highest BCUT2D eigenvalue weighted by atomic mass is 32.1. The molecule has 0 bridgehead atoms. The van der Waals surface area contributed by atoms with E-state index in [-0.39, 0.29) is 11.5 Å². The van der Waals surface area contributed by atoms with Gasteiger partial charge in [0.1, 0.15) is 11.5 Å². The summed E-state index contributed by atoms with van der Waals surface area (Å²) in [4.78, 5) is 2.20. The number of hydrogen-bond donors (Lipinski definition) is 2. The molecule has 2 N–H and O–H groups in total. The topological polar surface area (TPSA) is 40.5 Å². The van der Waals surface area contributed by atoms with Crippen molar-refractivity contribution in [2.75, 3.05) is 0 Å². The van der Waals surface area contributed by atoms with Crippen LogP contribution in [0.1, 0.15) is 0 Å². The summed E-state index contributed by atoms with van der Waals surface area (Å²) in [7, 11) is 0. The Morgan fingerprint density at radius 3 is 1.25 bits per heavy atom. The van der Waals surface area contributed by atoms with Crippen LogP contribution in [0.2, 0.25) is 0 Å². The SMILES string of the molecule is Oc1cc(-c2cccs2)c2ccccc2c1-c1c(O)cc(-c2cccs2)c2ccccc12. The fourth-order valence-corrected chi connectivity index (χ4v) is 6.03. The minimum absolute atomic E-state index is 0.163. The van der Waals surface area contributed by atoms with Crippen LogP contribution in [0.5, 0.6) is 11.5 Å². The molecule has 4 aromatic carbocycles. The number of fused-ring (bicyclic) bond motifs is 2. The number of benzene rings is 4. The second-order valence-electron chi connectivity index (χ2n) is 7.68. The van der Waals surface area contributed by atoms with Crippen LogP contribution in [0.4, 0.5) is 0 Å². The second-order valence-corrected chi connectivity index (χ2v) is 9.58. The van der Waals surface area contributed by atoms with E-state index in [1.165, 1.54) is 0 Å². The summed E-state index contributed by atoms with van der Waals surface area (Å²) in [5.41, 5.74) is 3.31. The average Bonchev–Trinajstić information content (AvgIpc) is 3.54. The van der Waals surface area contributed by atoms with Crippen LogP contribution in [0.3, 0.4) is 0 Å². The van der Waals surface area contributed by atoms with E-state index in [4.69, 9.17) is 0 Å². The third kappa shape index (κ3) is 2.92. The van der Waals surface area contributed by atoms with Gasteiger partial charge in [-0.2, -0.15) is 0 Å². The Morgan fingerprint density at radius 2 is 0.875 bits per heavy atom. The lowest BCUT2D eigenvalue weighted by Crippen LogP contribution is -1.90. The van der Waals surface area contributed by atoms with E-state index >= 15 is 0 Å².